The SMILES string of the molecule is CC1CCCC(C)C1NCC1CCCN1C. The summed E-state index contributed by atoms with van der Waals surface area (Å²) < 4.78 is 0. The molecule has 1 saturated heterocycles. The van der Waals surface area contributed by atoms with Gasteiger partial charge in [0.1, 0.15) is 0 Å². The Hall–Kier alpha value is -0.0800. The molecule has 0 aromatic heterocycles. The third kappa shape index (κ3) is 2.78. The lowest BCUT2D eigenvalue weighted by atomic mass is 9.78. The molecule has 16 heavy (non-hydrogen) atoms. The van der Waals surface area contributed by atoms with Gasteiger partial charge in [-0.1, -0.05) is 20.3 Å². The van der Waals surface area contributed by atoms with E-state index in [-0.39, 0.29) is 0 Å². The van der Waals surface area contributed by atoms with Gasteiger partial charge in [-0.05, 0) is 51.1 Å². The van der Waals surface area contributed by atoms with E-state index in [0.717, 1.165) is 23.9 Å². The van der Waals surface area contributed by atoms with Gasteiger partial charge < -0.3 is 10.2 Å². The first-order valence-electron chi connectivity index (χ1n) is 7.12. The fourth-order valence-corrected chi connectivity index (χ4v) is 3.59. The molecule has 2 aliphatic rings. The zero-order valence-electron chi connectivity index (χ0n) is 11.2. The van der Waals surface area contributed by atoms with Gasteiger partial charge in [0.2, 0.25) is 0 Å². The summed E-state index contributed by atoms with van der Waals surface area (Å²) in [4.78, 5) is 2.52. The molecule has 2 nitrogen and oxygen atoms in total. The highest BCUT2D eigenvalue weighted by Crippen LogP contribution is 2.29. The molecule has 0 aromatic rings. The number of nitrogens with one attached hydrogen (secondary N) is 1. The van der Waals surface area contributed by atoms with Gasteiger partial charge in [0, 0.05) is 18.6 Å². The van der Waals surface area contributed by atoms with Gasteiger partial charge in [0.05, 0.1) is 0 Å². The molecule has 0 aromatic carbocycles. The highest BCUT2D eigenvalue weighted by molar-refractivity contribution is 4.86. The predicted octanol–water partition coefficient (Wildman–Crippen LogP) is 2.49. The third-order valence-corrected chi connectivity index (χ3v) is 4.81. The molecule has 1 aliphatic carbocycles. The molecular formula is C14H28N2. The van der Waals surface area contributed by atoms with Crippen molar-refractivity contribution >= 4 is 0 Å². The molecule has 0 amide bonds. The van der Waals surface area contributed by atoms with Gasteiger partial charge >= 0.3 is 0 Å². The number of rotatable bonds is 3. The van der Waals surface area contributed by atoms with Crippen molar-refractivity contribution in [2.45, 2.75) is 58.0 Å². The molecule has 0 radical (unpaired) electrons. The van der Waals surface area contributed by atoms with Gasteiger partial charge in [-0.2, -0.15) is 0 Å². The average Bonchev–Trinajstić information content (AvgIpc) is 2.64. The molecule has 1 saturated carbocycles. The van der Waals surface area contributed by atoms with Gasteiger partial charge in [-0.25, -0.2) is 0 Å². The second kappa shape index (κ2) is 5.50. The quantitative estimate of drug-likeness (QED) is 0.792. The lowest BCUT2D eigenvalue weighted by Crippen LogP contribution is -2.47. The number of likely N-dealkylation sites (tertiary alicyclic amines) is 1. The summed E-state index contributed by atoms with van der Waals surface area (Å²) in [5.41, 5.74) is 0. The van der Waals surface area contributed by atoms with Crippen LogP contribution in [0.25, 0.3) is 0 Å². The molecule has 2 rings (SSSR count). The van der Waals surface area contributed by atoms with Crippen molar-refractivity contribution in [2.75, 3.05) is 20.1 Å². The molecule has 3 unspecified atom stereocenters. The van der Waals surface area contributed by atoms with E-state index in [1.807, 2.05) is 0 Å². The van der Waals surface area contributed by atoms with E-state index in [4.69, 9.17) is 0 Å². The topological polar surface area (TPSA) is 15.3 Å². The fraction of sp³-hybridized carbons (Fsp3) is 1.00. The Morgan fingerprint density at radius 3 is 2.31 bits per heavy atom. The second-order valence-corrected chi connectivity index (χ2v) is 6.10. The Balaban J connectivity index is 1.79. The second-order valence-electron chi connectivity index (χ2n) is 6.10. The van der Waals surface area contributed by atoms with Crippen molar-refractivity contribution in [3.8, 4) is 0 Å². The summed E-state index contributed by atoms with van der Waals surface area (Å²) in [6.45, 7) is 7.34. The lowest BCUT2D eigenvalue weighted by Gasteiger charge is -2.36. The summed E-state index contributed by atoms with van der Waals surface area (Å²) in [6.07, 6.45) is 7.05. The summed E-state index contributed by atoms with van der Waals surface area (Å²) >= 11 is 0. The molecule has 1 heterocycles. The normalized spacial score (nSPS) is 41.4. The molecule has 1 N–H and O–H groups in total. The maximum absolute atomic E-state index is 3.85. The van der Waals surface area contributed by atoms with Crippen LogP contribution in [0.1, 0.15) is 46.0 Å². The first-order valence-corrected chi connectivity index (χ1v) is 7.12. The minimum absolute atomic E-state index is 0.766. The summed E-state index contributed by atoms with van der Waals surface area (Å²) in [6, 6.07) is 1.56. The van der Waals surface area contributed by atoms with E-state index in [1.54, 1.807) is 0 Å². The van der Waals surface area contributed by atoms with Crippen molar-refractivity contribution in [3.05, 3.63) is 0 Å². The van der Waals surface area contributed by atoms with Gasteiger partial charge in [0.25, 0.3) is 0 Å². The van der Waals surface area contributed by atoms with E-state index in [1.165, 1.54) is 45.2 Å². The maximum atomic E-state index is 3.85. The third-order valence-electron chi connectivity index (χ3n) is 4.81. The van der Waals surface area contributed by atoms with Crippen molar-refractivity contribution in [1.29, 1.82) is 0 Å². The van der Waals surface area contributed by atoms with Crippen molar-refractivity contribution < 1.29 is 0 Å². The van der Waals surface area contributed by atoms with Crippen LogP contribution in [-0.2, 0) is 0 Å². The molecule has 1 aliphatic heterocycles. The van der Waals surface area contributed by atoms with Crippen LogP contribution in [0.15, 0.2) is 0 Å². The maximum Gasteiger partial charge on any atom is 0.0218 e. The molecular weight excluding hydrogens is 196 g/mol. The monoisotopic (exact) mass is 224 g/mol. The Morgan fingerprint density at radius 2 is 1.75 bits per heavy atom. The van der Waals surface area contributed by atoms with Crippen molar-refractivity contribution in [3.63, 3.8) is 0 Å². The Bertz CT molecular complexity index is 207. The largest absolute Gasteiger partial charge is 0.312 e. The average molecular weight is 224 g/mol. The first-order chi connectivity index (χ1) is 7.68. The van der Waals surface area contributed by atoms with Crippen LogP contribution in [0.5, 0.6) is 0 Å². The van der Waals surface area contributed by atoms with E-state index < -0.39 is 0 Å². The predicted molar refractivity (Wildman–Crippen MR) is 69.6 cm³/mol. The Kier molecular flexibility index (Phi) is 4.26. The first kappa shape index (κ1) is 12.4. The van der Waals surface area contributed by atoms with E-state index in [0.29, 0.717) is 0 Å². The fourth-order valence-electron chi connectivity index (χ4n) is 3.59. The van der Waals surface area contributed by atoms with E-state index in [2.05, 4.69) is 31.1 Å². The minimum Gasteiger partial charge on any atom is -0.312 e. The van der Waals surface area contributed by atoms with Crippen LogP contribution in [-0.4, -0.2) is 37.1 Å². The standard InChI is InChI=1S/C14H28N2/c1-11-6-4-7-12(2)14(11)15-10-13-8-5-9-16(13)3/h11-15H,4-10H2,1-3H3. The number of likely N-dealkylation sites (N-methyl/N-ethyl adjacent to an activating group) is 1. The van der Waals surface area contributed by atoms with E-state index >= 15 is 0 Å². The van der Waals surface area contributed by atoms with Crippen LogP contribution in [0.2, 0.25) is 0 Å². The van der Waals surface area contributed by atoms with Crippen LogP contribution < -0.4 is 5.32 Å². The highest BCUT2D eigenvalue weighted by atomic mass is 15.2. The van der Waals surface area contributed by atoms with Crippen molar-refractivity contribution in [2.24, 2.45) is 11.8 Å². The number of hydrogen-bond donors (Lipinski definition) is 1. The Labute approximate surface area is 101 Å². The van der Waals surface area contributed by atoms with Gasteiger partial charge in [0.15, 0.2) is 0 Å². The van der Waals surface area contributed by atoms with Crippen LogP contribution in [0.3, 0.4) is 0 Å². The number of nitrogens with zero attached hydrogens (tertiary/aromatic N) is 1. The summed E-state index contributed by atoms with van der Waals surface area (Å²) in [5.74, 6) is 1.74. The summed E-state index contributed by atoms with van der Waals surface area (Å²) in [7, 11) is 2.27. The lowest BCUT2D eigenvalue weighted by molar-refractivity contribution is 0.191. The van der Waals surface area contributed by atoms with Gasteiger partial charge in [-0.3, -0.25) is 0 Å². The van der Waals surface area contributed by atoms with Crippen LogP contribution >= 0.6 is 0 Å². The van der Waals surface area contributed by atoms with Crippen LogP contribution in [0, 0.1) is 11.8 Å². The molecule has 0 spiro atoms. The number of hydrogen-bond acceptors (Lipinski definition) is 2. The molecule has 3 atom stereocenters. The Morgan fingerprint density at radius 1 is 1.06 bits per heavy atom. The molecule has 0 bridgehead atoms. The van der Waals surface area contributed by atoms with Crippen LogP contribution in [0.4, 0.5) is 0 Å². The van der Waals surface area contributed by atoms with Crippen molar-refractivity contribution in [1.82, 2.24) is 10.2 Å². The zero-order valence-corrected chi connectivity index (χ0v) is 11.2. The zero-order chi connectivity index (χ0) is 11.5. The summed E-state index contributed by atoms with van der Waals surface area (Å²) in [5, 5.41) is 3.85. The molecule has 2 heteroatoms. The molecule has 94 valence electrons. The minimum atomic E-state index is 0.766. The van der Waals surface area contributed by atoms with Gasteiger partial charge in [-0.15, -0.1) is 0 Å². The smallest absolute Gasteiger partial charge is 0.0218 e. The molecule has 2 fully saturated rings. The van der Waals surface area contributed by atoms with E-state index in [9.17, 15) is 0 Å². The highest BCUT2D eigenvalue weighted by Gasteiger charge is 2.29.